The Hall–Kier alpha value is -0.540. The molecule has 3 heteroatoms. The average molecular weight is 222 g/mol. The lowest BCUT2D eigenvalue weighted by molar-refractivity contribution is 0.638. The Labute approximate surface area is 95.9 Å². The molecular weight excluding hydrogens is 204 g/mol. The number of aryl methyl sites for hydroxylation is 1. The molecule has 2 nitrogen and oxygen atoms in total. The van der Waals surface area contributed by atoms with Crippen molar-refractivity contribution in [2.45, 2.75) is 31.6 Å². The van der Waals surface area contributed by atoms with Crippen LogP contribution >= 0.6 is 11.8 Å². The molecule has 0 spiro atoms. The van der Waals surface area contributed by atoms with Gasteiger partial charge >= 0.3 is 0 Å². The zero-order chi connectivity index (χ0) is 10.5. The minimum Gasteiger partial charge on any atom is -0.310 e. The maximum absolute atomic E-state index is 4.37. The highest BCUT2D eigenvalue weighted by molar-refractivity contribution is 8.00. The lowest BCUT2D eigenvalue weighted by Gasteiger charge is -2.09. The summed E-state index contributed by atoms with van der Waals surface area (Å²) in [5.41, 5.74) is 2.37. The first-order valence-electron chi connectivity index (χ1n) is 5.58. The number of thioether (sulfide) groups is 1. The van der Waals surface area contributed by atoms with E-state index in [2.05, 4.69) is 41.1 Å². The van der Waals surface area contributed by atoms with Crippen LogP contribution in [0.5, 0.6) is 0 Å². The molecule has 0 aliphatic carbocycles. The predicted octanol–water partition coefficient (Wildman–Crippen LogP) is 2.38. The molecule has 0 bridgehead atoms. The first-order valence-corrected chi connectivity index (χ1v) is 6.63. The second-order valence-corrected chi connectivity index (χ2v) is 5.50. The van der Waals surface area contributed by atoms with Crippen molar-refractivity contribution in [3.8, 4) is 0 Å². The first-order chi connectivity index (χ1) is 7.34. The van der Waals surface area contributed by atoms with Crippen LogP contribution in [0.1, 0.15) is 24.1 Å². The van der Waals surface area contributed by atoms with Crippen LogP contribution in [0, 0.1) is 6.92 Å². The SMILES string of the molecule is Cc1ccc(CNCC2CCCS2)nc1. The number of hydrogen-bond acceptors (Lipinski definition) is 3. The van der Waals surface area contributed by atoms with Gasteiger partial charge in [-0.1, -0.05) is 6.07 Å². The van der Waals surface area contributed by atoms with E-state index in [9.17, 15) is 0 Å². The number of pyridine rings is 1. The maximum atomic E-state index is 4.37. The molecule has 1 atom stereocenters. The second kappa shape index (κ2) is 5.52. The van der Waals surface area contributed by atoms with E-state index < -0.39 is 0 Å². The number of rotatable bonds is 4. The summed E-state index contributed by atoms with van der Waals surface area (Å²) >= 11 is 2.10. The van der Waals surface area contributed by atoms with Crippen LogP contribution in [0.25, 0.3) is 0 Å². The highest BCUT2D eigenvalue weighted by Gasteiger charge is 2.14. The van der Waals surface area contributed by atoms with Gasteiger partial charge in [0.1, 0.15) is 0 Å². The summed E-state index contributed by atoms with van der Waals surface area (Å²) < 4.78 is 0. The molecule has 1 aliphatic heterocycles. The third kappa shape index (κ3) is 3.50. The van der Waals surface area contributed by atoms with Gasteiger partial charge in [0.25, 0.3) is 0 Å². The minimum absolute atomic E-state index is 0.829. The van der Waals surface area contributed by atoms with Gasteiger partial charge < -0.3 is 5.32 Å². The van der Waals surface area contributed by atoms with Gasteiger partial charge in [0.15, 0.2) is 0 Å². The van der Waals surface area contributed by atoms with E-state index in [1.54, 1.807) is 0 Å². The van der Waals surface area contributed by atoms with Crippen LogP contribution < -0.4 is 5.32 Å². The third-order valence-corrected chi connectivity index (χ3v) is 4.07. The molecule has 1 saturated heterocycles. The monoisotopic (exact) mass is 222 g/mol. The van der Waals surface area contributed by atoms with Gasteiger partial charge in [-0.05, 0) is 37.1 Å². The highest BCUT2D eigenvalue weighted by Crippen LogP contribution is 2.25. The Morgan fingerprint density at radius 2 is 2.47 bits per heavy atom. The van der Waals surface area contributed by atoms with Crippen molar-refractivity contribution in [1.82, 2.24) is 10.3 Å². The second-order valence-electron chi connectivity index (χ2n) is 4.09. The first kappa shape index (κ1) is 11.0. The molecule has 15 heavy (non-hydrogen) atoms. The van der Waals surface area contributed by atoms with Crippen molar-refractivity contribution in [2.75, 3.05) is 12.3 Å². The largest absolute Gasteiger partial charge is 0.310 e. The van der Waals surface area contributed by atoms with E-state index in [1.807, 2.05) is 6.20 Å². The summed E-state index contributed by atoms with van der Waals surface area (Å²) in [6.07, 6.45) is 4.69. The molecule has 0 radical (unpaired) electrons. The van der Waals surface area contributed by atoms with Gasteiger partial charge in [-0.15, -0.1) is 0 Å². The molecule has 0 aromatic carbocycles. The van der Waals surface area contributed by atoms with Crippen LogP contribution in [-0.2, 0) is 6.54 Å². The van der Waals surface area contributed by atoms with Crippen molar-refractivity contribution in [3.05, 3.63) is 29.6 Å². The molecule has 82 valence electrons. The van der Waals surface area contributed by atoms with Gasteiger partial charge in [-0.25, -0.2) is 0 Å². The predicted molar refractivity (Wildman–Crippen MR) is 66.2 cm³/mol. The summed E-state index contributed by atoms with van der Waals surface area (Å²) in [6, 6.07) is 4.22. The summed E-state index contributed by atoms with van der Waals surface area (Å²) in [5.74, 6) is 1.34. The molecule has 1 fully saturated rings. The van der Waals surface area contributed by atoms with Crippen LogP contribution in [0.15, 0.2) is 18.3 Å². The van der Waals surface area contributed by atoms with Crippen molar-refractivity contribution in [1.29, 1.82) is 0 Å². The van der Waals surface area contributed by atoms with Gasteiger partial charge in [-0.2, -0.15) is 11.8 Å². The summed E-state index contributed by atoms with van der Waals surface area (Å²) in [7, 11) is 0. The van der Waals surface area contributed by atoms with E-state index in [0.717, 1.165) is 24.0 Å². The normalized spacial score (nSPS) is 20.7. The quantitative estimate of drug-likeness (QED) is 0.846. The third-order valence-electron chi connectivity index (χ3n) is 2.67. The van der Waals surface area contributed by atoms with Crippen molar-refractivity contribution >= 4 is 11.8 Å². The number of hydrogen-bond donors (Lipinski definition) is 1. The van der Waals surface area contributed by atoms with Gasteiger partial charge in [0.05, 0.1) is 5.69 Å². The summed E-state index contributed by atoms with van der Waals surface area (Å²) in [5, 5.41) is 4.31. The Bertz CT molecular complexity index is 291. The molecule has 1 aliphatic rings. The lowest BCUT2D eigenvalue weighted by atomic mass is 10.2. The van der Waals surface area contributed by atoms with Crippen LogP contribution in [0.4, 0.5) is 0 Å². The Balaban J connectivity index is 1.71. The summed E-state index contributed by atoms with van der Waals surface area (Å²) in [4.78, 5) is 4.37. The number of nitrogens with zero attached hydrogens (tertiary/aromatic N) is 1. The lowest BCUT2D eigenvalue weighted by Crippen LogP contribution is -2.23. The minimum atomic E-state index is 0.829. The zero-order valence-corrected chi connectivity index (χ0v) is 10.0. The van der Waals surface area contributed by atoms with Crippen LogP contribution in [-0.4, -0.2) is 22.5 Å². The Kier molecular flexibility index (Phi) is 4.03. The average Bonchev–Trinajstić information content (AvgIpc) is 2.74. The van der Waals surface area contributed by atoms with Crippen molar-refractivity contribution in [3.63, 3.8) is 0 Å². The molecular formula is C12H18N2S. The fourth-order valence-corrected chi connectivity index (χ4v) is 3.01. The molecule has 1 aromatic heterocycles. The molecule has 2 heterocycles. The van der Waals surface area contributed by atoms with E-state index in [-0.39, 0.29) is 0 Å². The maximum Gasteiger partial charge on any atom is 0.0541 e. The van der Waals surface area contributed by atoms with Gasteiger partial charge in [0, 0.05) is 24.5 Å². The molecule has 0 amide bonds. The fourth-order valence-electron chi connectivity index (χ4n) is 1.77. The van der Waals surface area contributed by atoms with Crippen LogP contribution in [0.2, 0.25) is 0 Å². The summed E-state index contributed by atoms with van der Waals surface area (Å²) in [6.45, 7) is 4.09. The standard InChI is InChI=1S/C12H18N2S/c1-10-4-5-11(14-7-10)8-13-9-12-3-2-6-15-12/h4-5,7,12-13H,2-3,6,8-9H2,1H3. The van der Waals surface area contributed by atoms with Gasteiger partial charge in [-0.3, -0.25) is 4.98 Å². The Morgan fingerprint density at radius 3 is 3.13 bits per heavy atom. The molecule has 1 aromatic rings. The van der Waals surface area contributed by atoms with Crippen LogP contribution in [0.3, 0.4) is 0 Å². The molecule has 0 saturated carbocycles. The van der Waals surface area contributed by atoms with E-state index >= 15 is 0 Å². The molecule has 2 rings (SSSR count). The fraction of sp³-hybridized carbons (Fsp3) is 0.583. The van der Waals surface area contributed by atoms with E-state index in [1.165, 1.54) is 24.2 Å². The van der Waals surface area contributed by atoms with Gasteiger partial charge in [0.2, 0.25) is 0 Å². The number of nitrogens with one attached hydrogen (secondary N) is 1. The topological polar surface area (TPSA) is 24.9 Å². The van der Waals surface area contributed by atoms with Crippen molar-refractivity contribution in [2.24, 2.45) is 0 Å². The highest BCUT2D eigenvalue weighted by atomic mass is 32.2. The molecule has 1 N–H and O–H groups in total. The smallest absolute Gasteiger partial charge is 0.0541 e. The zero-order valence-electron chi connectivity index (χ0n) is 9.20. The number of aromatic nitrogens is 1. The van der Waals surface area contributed by atoms with E-state index in [4.69, 9.17) is 0 Å². The van der Waals surface area contributed by atoms with E-state index in [0.29, 0.717) is 0 Å². The Morgan fingerprint density at radius 1 is 1.53 bits per heavy atom. The van der Waals surface area contributed by atoms with Crippen molar-refractivity contribution < 1.29 is 0 Å². The molecule has 1 unspecified atom stereocenters.